The van der Waals surface area contributed by atoms with Crippen LogP contribution in [0.1, 0.15) is 63.6 Å². The molecule has 4 aliphatic rings. The maximum Gasteiger partial charge on any atom is 0.139 e. The highest BCUT2D eigenvalue weighted by molar-refractivity contribution is 5.87. The minimum Gasteiger partial charge on any atom is -0.299 e. The molecule has 1 heterocycles. The largest absolute Gasteiger partial charge is 0.299 e. The van der Waals surface area contributed by atoms with Crippen LogP contribution < -0.4 is 0 Å². The summed E-state index contributed by atoms with van der Waals surface area (Å²) in [5, 5.41) is 7.54. The number of rotatable bonds is 0. The molecule has 3 fully saturated rings. The molecule has 0 unspecified atom stereocenters. The zero-order valence-corrected chi connectivity index (χ0v) is 14.4. The van der Waals surface area contributed by atoms with Gasteiger partial charge in [0.05, 0.1) is 6.20 Å². The Morgan fingerprint density at radius 1 is 1.17 bits per heavy atom. The van der Waals surface area contributed by atoms with Crippen molar-refractivity contribution in [3.05, 3.63) is 17.5 Å². The van der Waals surface area contributed by atoms with Gasteiger partial charge in [0.2, 0.25) is 0 Å². The number of H-pyrrole nitrogens is 1. The zero-order chi connectivity index (χ0) is 15.8. The van der Waals surface area contributed by atoms with E-state index in [0.29, 0.717) is 17.1 Å². The van der Waals surface area contributed by atoms with E-state index < -0.39 is 0 Å². The first kappa shape index (κ1) is 14.2. The number of hydrogen-bond acceptors (Lipinski definition) is 2. The molecule has 6 atom stereocenters. The Kier molecular flexibility index (Phi) is 2.78. The molecule has 0 bridgehead atoms. The van der Waals surface area contributed by atoms with Gasteiger partial charge in [-0.1, -0.05) is 13.8 Å². The van der Waals surface area contributed by atoms with Crippen LogP contribution in [0, 0.1) is 34.5 Å². The molecule has 23 heavy (non-hydrogen) atoms. The molecule has 1 aromatic rings. The molecule has 5 rings (SSSR count). The van der Waals surface area contributed by atoms with Gasteiger partial charge >= 0.3 is 0 Å². The number of carbonyl (C=O) groups excluding carboxylic acids is 1. The predicted octanol–water partition coefficient (Wildman–Crippen LogP) is 3.94. The van der Waals surface area contributed by atoms with Crippen LogP contribution in [-0.4, -0.2) is 16.0 Å². The second-order valence-electron chi connectivity index (χ2n) is 9.33. The molecule has 124 valence electrons. The maximum atomic E-state index is 12.5. The van der Waals surface area contributed by atoms with Crippen molar-refractivity contribution in [3.8, 4) is 0 Å². The summed E-state index contributed by atoms with van der Waals surface area (Å²) in [6.07, 6.45) is 11.6. The quantitative estimate of drug-likeness (QED) is 0.789. The molecule has 1 N–H and O–H groups in total. The van der Waals surface area contributed by atoms with Crippen LogP contribution in [0.15, 0.2) is 6.20 Å². The predicted molar refractivity (Wildman–Crippen MR) is 88.9 cm³/mol. The Hall–Kier alpha value is -1.12. The van der Waals surface area contributed by atoms with Crippen molar-refractivity contribution in [1.29, 1.82) is 0 Å². The van der Waals surface area contributed by atoms with Gasteiger partial charge in [0.25, 0.3) is 0 Å². The molecule has 0 aromatic carbocycles. The third-order valence-corrected chi connectivity index (χ3v) is 8.60. The van der Waals surface area contributed by atoms with Crippen molar-refractivity contribution in [3.63, 3.8) is 0 Å². The molecule has 0 radical (unpaired) electrons. The second-order valence-corrected chi connectivity index (χ2v) is 9.33. The molecular formula is C20H28N2O. The minimum atomic E-state index is 0.0137. The van der Waals surface area contributed by atoms with Crippen LogP contribution in [0.2, 0.25) is 0 Å². The van der Waals surface area contributed by atoms with Gasteiger partial charge in [0, 0.05) is 17.5 Å². The maximum absolute atomic E-state index is 12.5. The molecule has 3 heteroatoms. The number of aromatic nitrogens is 2. The highest BCUT2D eigenvalue weighted by Crippen LogP contribution is 2.64. The average molecular weight is 312 g/mol. The first-order chi connectivity index (χ1) is 11.0. The van der Waals surface area contributed by atoms with E-state index in [2.05, 4.69) is 30.2 Å². The van der Waals surface area contributed by atoms with Crippen LogP contribution in [0.4, 0.5) is 0 Å². The Labute approximate surface area is 138 Å². The first-order valence-electron chi connectivity index (χ1n) is 9.57. The number of Topliss-reactive ketones (excluding diaryl/α,β-unsaturated/α-hetero) is 1. The summed E-state index contributed by atoms with van der Waals surface area (Å²) in [6, 6.07) is 0. The number of carbonyl (C=O) groups is 1. The zero-order valence-electron chi connectivity index (χ0n) is 14.4. The molecule has 0 amide bonds. The molecule has 1 aromatic heterocycles. The van der Waals surface area contributed by atoms with Gasteiger partial charge in [0.1, 0.15) is 5.78 Å². The Bertz CT molecular complexity index is 664. The lowest BCUT2D eigenvalue weighted by Gasteiger charge is -2.59. The number of nitrogens with one attached hydrogen (secondary N) is 1. The van der Waals surface area contributed by atoms with Crippen LogP contribution in [0.3, 0.4) is 0 Å². The Morgan fingerprint density at radius 2 is 2.04 bits per heavy atom. The summed E-state index contributed by atoms with van der Waals surface area (Å²) in [6.45, 7) is 4.84. The van der Waals surface area contributed by atoms with Crippen molar-refractivity contribution in [2.45, 2.75) is 65.2 Å². The van der Waals surface area contributed by atoms with Crippen molar-refractivity contribution in [1.82, 2.24) is 10.2 Å². The molecule has 3 saturated carbocycles. The summed E-state index contributed by atoms with van der Waals surface area (Å²) in [5.41, 5.74) is 3.29. The Balaban J connectivity index is 1.51. The lowest BCUT2D eigenvalue weighted by molar-refractivity contribution is -0.136. The van der Waals surface area contributed by atoms with Crippen LogP contribution in [0.25, 0.3) is 0 Å². The normalized spacial score (nSPS) is 48.3. The van der Waals surface area contributed by atoms with Crippen molar-refractivity contribution >= 4 is 5.78 Å². The van der Waals surface area contributed by atoms with E-state index in [1.807, 2.05) is 0 Å². The Morgan fingerprint density at radius 3 is 2.91 bits per heavy atom. The van der Waals surface area contributed by atoms with Gasteiger partial charge < -0.3 is 0 Å². The molecule has 0 saturated heterocycles. The number of aromatic amines is 1. The van der Waals surface area contributed by atoms with E-state index >= 15 is 0 Å². The minimum absolute atomic E-state index is 0.0137. The van der Waals surface area contributed by atoms with E-state index in [9.17, 15) is 4.79 Å². The van der Waals surface area contributed by atoms with E-state index in [1.165, 1.54) is 43.4 Å². The lowest BCUT2D eigenvalue weighted by Crippen LogP contribution is -2.54. The number of nitrogens with zero attached hydrogens (tertiary/aromatic N) is 1. The summed E-state index contributed by atoms with van der Waals surface area (Å²) in [5.74, 6) is 3.63. The fourth-order valence-corrected chi connectivity index (χ4v) is 7.24. The van der Waals surface area contributed by atoms with Crippen LogP contribution in [-0.2, 0) is 17.6 Å². The number of hydrogen-bond donors (Lipinski definition) is 1. The third kappa shape index (κ3) is 1.71. The molecule has 4 aliphatic carbocycles. The van der Waals surface area contributed by atoms with E-state index in [4.69, 9.17) is 0 Å². The van der Waals surface area contributed by atoms with E-state index in [-0.39, 0.29) is 5.41 Å². The summed E-state index contributed by atoms with van der Waals surface area (Å²) < 4.78 is 0. The van der Waals surface area contributed by atoms with Crippen LogP contribution in [0.5, 0.6) is 0 Å². The van der Waals surface area contributed by atoms with E-state index in [0.717, 1.165) is 37.0 Å². The molecule has 3 nitrogen and oxygen atoms in total. The van der Waals surface area contributed by atoms with Gasteiger partial charge in [-0.25, -0.2) is 0 Å². The fourth-order valence-electron chi connectivity index (χ4n) is 7.24. The monoisotopic (exact) mass is 312 g/mol. The number of ketones is 1. The highest BCUT2D eigenvalue weighted by atomic mass is 16.1. The summed E-state index contributed by atoms with van der Waals surface area (Å²) in [4.78, 5) is 12.5. The van der Waals surface area contributed by atoms with Gasteiger partial charge in [-0.3, -0.25) is 9.89 Å². The van der Waals surface area contributed by atoms with Gasteiger partial charge in [-0.05, 0) is 79.6 Å². The van der Waals surface area contributed by atoms with E-state index in [1.54, 1.807) is 0 Å². The standard InChI is InChI=1S/C20H28N2O/c1-19-8-7-16-14(15(19)5-6-18(19)23)4-3-13-9-17-12(11-21-22-17)10-20(13,16)2/h11,13-16H,3-10H2,1-2H3,(H,21,22)/t13-,14-,15-,16-,19-,20-/m0/s1. The van der Waals surface area contributed by atoms with Crippen molar-refractivity contribution in [2.75, 3.05) is 0 Å². The van der Waals surface area contributed by atoms with Crippen LogP contribution >= 0.6 is 0 Å². The third-order valence-electron chi connectivity index (χ3n) is 8.60. The van der Waals surface area contributed by atoms with Gasteiger partial charge in [-0.15, -0.1) is 0 Å². The second kappa shape index (κ2) is 4.49. The molecular weight excluding hydrogens is 284 g/mol. The summed E-state index contributed by atoms with van der Waals surface area (Å²) >= 11 is 0. The molecule has 0 aliphatic heterocycles. The summed E-state index contributed by atoms with van der Waals surface area (Å²) in [7, 11) is 0. The highest BCUT2D eigenvalue weighted by Gasteiger charge is 2.60. The fraction of sp³-hybridized carbons (Fsp3) is 0.800. The average Bonchev–Trinajstić information content (AvgIpc) is 3.08. The lowest BCUT2D eigenvalue weighted by atomic mass is 9.45. The van der Waals surface area contributed by atoms with Gasteiger partial charge in [0.15, 0.2) is 0 Å². The first-order valence-corrected chi connectivity index (χ1v) is 9.57. The van der Waals surface area contributed by atoms with Gasteiger partial charge in [-0.2, -0.15) is 5.10 Å². The smallest absolute Gasteiger partial charge is 0.139 e. The SMILES string of the molecule is C[C@]12Cc3cn[nH]c3C[C@@H]1CC[C@@H]1[C@@H]2CC[C@]2(C)C(=O)CC[C@@H]12. The van der Waals surface area contributed by atoms with Crippen molar-refractivity contribution < 1.29 is 4.79 Å². The topological polar surface area (TPSA) is 45.8 Å². The van der Waals surface area contributed by atoms with Crippen molar-refractivity contribution in [2.24, 2.45) is 34.5 Å². The number of fused-ring (bicyclic) bond motifs is 6. The molecule has 0 spiro atoms.